The Labute approximate surface area is 165 Å². The molecule has 0 N–H and O–H groups in total. The van der Waals surface area contributed by atoms with Crippen molar-refractivity contribution in [3.63, 3.8) is 0 Å². The van der Waals surface area contributed by atoms with Crippen molar-refractivity contribution in [2.24, 2.45) is 0 Å². The minimum absolute atomic E-state index is 0.249. The molecule has 4 rings (SSSR count). The van der Waals surface area contributed by atoms with Crippen molar-refractivity contribution in [1.29, 1.82) is 0 Å². The first-order valence-electron chi connectivity index (χ1n) is 9.67. The Morgan fingerprint density at radius 2 is 1.89 bits per heavy atom. The van der Waals surface area contributed by atoms with Gasteiger partial charge in [0.05, 0.1) is 11.4 Å². The molecule has 0 bridgehead atoms. The highest BCUT2D eigenvalue weighted by molar-refractivity contribution is 7.89. The fourth-order valence-corrected chi connectivity index (χ4v) is 5.92. The van der Waals surface area contributed by atoms with Crippen LogP contribution < -0.4 is 0 Å². The van der Waals surface area contributed by atoms with E-state index in [0.717, 1.165) is 29.6 Å². The lowest BCUT2D eigenvalue weighted by Crippen LogP contribution is -2.38. The van der Waals surface area contributed by atoms with Crippen LogP contribution in [0.3, 0.4) is 0 Å². The average molecular weight is 400 g/mol. The van der Waals surface area contributed by atoms with Crippen molar-refractivity contribution in [2.75, 3.05) is 13.1 Å². The van der Waals surface area contributed by atoms with Crippen LogP contribution in [0.2, 0.25) is 0 Å². The van der Waals surface area contributed by atoms with Gasteiger partial charge in [0.2, 0.25) is 10.0 Å². The Morgan fingerprint density at radius 3 is 2.57 bits per heavy atom. The predicted molar refractivity (Wildman–Crippen MR) is 108 cm³/mol. The van der Waals surface area contributed by atoms with Gasteiger partial charge in [-0.3, -0.25) is 4.68 Å². The second-order valence-electron chi connectivity index (χ2n) is 7.28. The van der Waals surface area contributed by atoms with E-state index in [0.29, 0.717) is 35.9 Å². The van der Waals surface area contributed by atoms with Crippen LogP contribution >= 0.6 is 0 Å². The maximum atomic E-state index is 13.2. The number of aromatic nitrogens is 4. The van der Waals surface area contributed by atoms with Gasteiger partial charge in [-0.25, -0.2) is 18.4 Å². The Bertz CT molecular complexity index is 1110. The summed E-state index contributed by atoms with van der Waals surface area (Å²) in [7, 11) is -3.54. The summed E-state index contributed by atoms with van der Waals surface area (Å²) in [6.07, 6.45) is 3.25. The molecule has 0 saturated carbocycles. The fourth-order valence-electron chi connectivity index (χ4n) is 4.08. The third-order valence-corrected chi connectivity index (χ3v) is 7.72. The van der Waals surface area contributed by atoms with Gasteiger partial charge in [0.1, 0.15) is 4.90 Å². The molecule has 1 aliphatic rings. The van der Waals surface area contributed by atoms with Crippen molar-refractivity contribution in [1.82, 2.24) is 24.1 Å². The lowest BCUT2D eigenvalue weighted by atomic mass is 9.94. The number of aryl methyl sites for hydroxylation is 2. The molecule has 7 nitrogen and oxygen atoms in total. The number of nitrogens with zero attached hydrogens (tertiary/aromatic N) is 5. The largest absolute Gasteiger partial charge is 0.268 e. The van der Waals surface area contributed by atoms with E-state index in [1.54, 1.807) is 22.1 Å². The highest BCUT2D eigenvalue weighted by atomic mass is 32.2. The number of hydrogen-bond donors (Lipinski definition) is 0. The Morgan fingerprint density at radius 1 is 1.14 bits per heavy atom. The molecule has 3 aromatic rings. The number of piperidine rings is 1. The third-order valence-electron chi connectivity index (χ3n) is 5.57. The number of fused-ring (bicyclic) bond motifs is 1. The van der Waals surface area contributed by atoms with E-state index in [1.165, 1.54) is 0 Å². The number of pyridine rings is 2. The molecule has 148 valence electrons. The van der Waals surface area contributed by atoms with Gasteiger partial charge in [-0.1, -0.05) is 0 Å². The number of hydrogen-bond acceptors (Lipinski definition) is 5. The zero-order chi connectivity index (χ0) is 19.9. The number of sulfonamides is 1. The maximum Gasteiger partial charge on any atom is 0.246 e. The summed E-state index contributed by atoms with van der Waals surface area (Å²) in [5, 5.41) is 5.39. The van der Waals surface area contributed by atoms with Gasteiger partial charge in [0.15, 0.2) is 5.65 Å². The van der Waals surface area contributed by atoms with Crippen molar-refractivity contribution >= 4 is 21.1 Å². The molecule has 1 fully saturated rings. The van der Waals surface area contributed by atoms with Crippen molar-refractivity contribution < 1.29 is 8.42 Å². The molecule has 1 saturated heterocycles. The van der Waals surface area contributed by atoms with Crippen LogP contribution in [-0.2, 0) is 16.6 Å². The first-order valence-corrected chi connectivity index (χ1v) is 11.1. The lowest BCUT2D eigenvalue weighted by molar-refractivity contribution is 0.316. The minimum atomic E-state index is -3.54. The van der Waals surface area contributed by atoms with E-state index in [1.807, 2.05) is 38.1 Å². The molecule has 0 radical (unpaired) electrons. The molecule has 28 heavy (non-hydrogen) atoms. The minimum Gasteiger partial charge on any atom is -0.268 e. The predicted octanol–water partition coefficient (Wildman–Crippen LogP) is 3.03. The molecule has 4 heterocycles. The van der Waals surface area contributed by atoms with E-state index in [2.05, 4.69) is 10.1 Å². The van der Waals surface area contributed by atoms with Gasteiger partial charge >= 0.3 is 0 Å². The summed E-state index contributed by atoms with van der Waals surface area (Å²) in [6.45, 7) is 7.20. The topological polar surface area (TPSA) is 81.0 Å². The van der Waals surface area contributed by atoms with Crippen LogP contribution in [0.25, 0.3) is 11.0 Å². The summed E-state index contributed by atoms with van der Waals surface area (Å²) in [6, 6.07) is 7.98. The van der Waals surface area contributed by atoms with Crippen LogP contribution in [0.5, 0.6) is 0 Å². The standard InChI is InChI=1S/C20H25N5O2S/c1-4-25-15(3)19(14(2)23-25)28(26,27)24-12-9-16(10-13-24)18-8-7-17-6-5-11-21-20(17)22-18/h5-8,11,16H,4,9-10,12-13H2,1-3H3. The van der Waals surface area contributed by atoms with E-state index in [-0.39, 0.29) is 5.92 Å². The molecule has 3 aromatic heterocycles. The van der Waals surface area contributed by atoms with E-state index < -0.39 is 10.0 Å². The maximum absolute atomic E-state index is 13.2. The summed E-state index contributed by atoms with van der Waals surface area (Å²) in [5.74, 6) is 0.249. The van der Waals surface area contributed by atoms with Crippen LogP contribution in [0.1, 0.15) is 42.8 Å². The van der Waals surface area contributed by atoms with Gasteiger partial charge in [0.25, 0.3) is 0 Å². The summed E-state index contributed by atoms with van der Waals surface area (Å²) >= 11 is 0. The molecule has 0 aliphatic carbocycles. The quantitative estimate of drug-likeness (QED) is 0.674. The van der Waals surface area contributed by atoms with E-state index >= 15 is 0 Å². The van der Waals surface area contributed by atoms with Crippen LogP contribution in [0, 0.1) is 13.8 Å². The molecule has 1 aliphatic heterocycles. The molecular weight excluding hydrogens is 374 g/mol. The summed E-state index contributed by atoms with van der Waals surface area (Å²) in [4.78, 5) is 9.39. The normalized spacial score (nSPS) is 16.7. The highest BCUT2D eigenvalue weighted by Crippen LogP contribution is 2.32. The van der Waals surface area contributed by atoms with Crippen molar-refractivity contribution in [2.45, 2.75) is 51.0 Å². The molecule has 0 aromatic carbocycles. The molecular formula is C20H25N5O2S. The monoisotopic (exact) mass is 399 g/mol. The lowest BCUT2D eigenvalue weighted by Gasteiger charge is -2.31. The summed E-state index contributed by atoms with van der Waals surface area (Å²) in [5.41, 5.74) is 3.02. The van der Waals surface area contributed by atoms with Crippen molar-refractivity contribution in [3.05, 3.63) is 47.5 Å². The second kappa shape index (κ2) is 7.25. The number of rotatable bonds is 4. The smallest absolute Gasteiger partial charge is 0.246 e. The van der Waals surface area contributed by atoms with Crippen LogP contribution in [0.4, 0.5) is 0 Å². The van der Waals surface area contributed by atoms with Crippen LogP contribution in [0.15, 0.2) is 35.4 Å². The molecule has 8 heteroatoms. The van der Waals surface area contributed by atoms with Crippen molar-refractivity contribution in [3.8, 4) is 0 Å². The first kappa shape index (κ1) is 19.0. The van der Waals surface area contributed by atoms with Gasteiger partial charge < -0.3 is 0 Å². The van der Waals surface area contributed by atoms with E-state index in [9.17, 15) is 8.42 Å². The van der Waals surface area contributed by atoms with Gasteiger partial charge in [-0.15, -0.1) is 0 Å². The van der Waals surface area contributed by atoms with Crippen LogP contribution in [-0.4, -0.2) is 45.6 Å². The Balaban J connectivity index is 1.54. The fraction of sp³-hybridized carbons (Fsp3) is 0.450. The Hall–Kier alpha value is -2.32. The average Bonchev–Trinajstić information content (AvgIpc) is 3.01. The highest BCUT2D eigenvalue weighted by Gasteiger charge is 2.34. The van der Waals surface area contributed by atoms with E-state index in [4.69, 9.17) is 4.98 Å². The van der Waals surface area contributed by atoms with Gasteiger partial charge in [0, 0.05) is 42.8 Å². The summed E-state index contributed by atoms with van der Waals surface area (Å²) < 4.78 is 29.8. The van der Waals surface area contributed by atoms with Gasteiger partial charge in [-0.2, -0.15) is 9.40 Å². The Kier molecular flexibility index (Phi) is 4.93. The second-order valence-corrected chi connectivity index (χ2v) is 9.16. The van der Waals surface area contributed by atoms with Gasteiger partial charge in [-0.05, 0) is 57.9 Å². The third kappa shape index (κ3) is 3.20. The molecule has 0 atom stereocenters. The molecule has 0 spiro atoms. The SMILES string of the molecule is CCn1nc(C)c(S(=O)(=O)N2CCC(c3ccc4cccnc4n3)CC2)c1C. The zero-order valence-corrected chi connectivity index (χ0v) is 17.3. The molecule has 0 amide bonds. The zero-order valence-electron chi connectivity index (χ0n) is 16.5. The molecule has 0 unspecified atom stereocenters. The first-order chi connectivity index (χ1) is 13.4.